The summed E-state index contributed by atoms with van der Waals surface area (Å²) in [5.74, 6) is -0.0697. The second-order valence-electron chi connectivity index (χ2n) is 5.83. The topological polar surface area (TPSA) is 51.1 Å². The molecule has 1 fully saturated rings. The summed E-state index contributed by atoms with van der Waals surface area (Å²) in [6.07, 6.45) is 4.46. The van der Waals surface area contributed by atoms with Crippen LogP contribution in [-0.2, 0) is 11.3 Å². The summed E-state index contributed by atoms with van der Waals surface area (Å²) < 4.78 is 1.58. The molecule has 1 saturated carbocycles. The molecule has 1 aromatic carbocycles. The first-order chi connectivity index (χ1) is 10.1. The van der Waals surface area contributed by atoms with E-state index in [4.69, 9.17) is 0 Å². The minimum atomic E-state index is -0.0877. The van der Waals surface area contributed by atoms with Crippen LogP contribution in [0.5, 0.6) is 0 Å². The summed E-state index contributed by atoms with van der Waals surface area (Å²) >= 11 is 0. The Kier molecular flexibility index (Phi) is 3.78. The quantitative estimate of drug-likeness (QED) is 0.940. The fourth-order valence-corrected chi connectivity index (χ4v) is 3.12. The van der Waals surface area contributed by atoms with Gasteiger partial charge >= 0.3 is 0 Å². The Morgan fingerprint density at radius 1 is 1.29 bits per heavy atom. The van der Waals surface area contributed by atoms with E-state index in [0.29, 0.717) is 5.56 Å². The van der Waals surface area contributed by atoms with Gasteiger partial charge in [-0.1, -0.05) is 31.0 Å². The van der Waals surface area contributed by atoms with Crippen molar-refractivity contribution >= 4 is 16.8 Å². The predicted molar refractivity (Wildman–Crippen MR) is 83.3 cm³/mol. The summed E-state index contributed by atoms with van der Waals surface area (Å²) in [5.41, 5.74) is 1.40. The van der Waals surface area contributed by atoms with Crippen LogP contribution in [0.4, 0.5) is 0 Å². The third kappa shape index (κ3) is 2.84. The van der Waals surface area contributed by atoms with Crippen LogP contribution >= 0.6 is 0 Å². The maximum atomic E-state index is 12.3. The minimum Gasteiger partial charge on any atom is -0.352 e. The van der Waals surface area contributed by atoms with Gasteiger partial charge in [0.05, 0.1) is 5.52 Å². The van der Waals surface area contributed by atoms with Gasteiger partial charge in [0.15, 0.2) is 0 Å². The number of benzene rings is 1. The molecule has 0 aliphatic heterocycles. The Hall–Kier alpha value is -2.10. The van der Waals surface area contributed by atoms with Crippen molar-refractivity contribution in [2.24, 2.45) is 0 Å². The molecule has 2 aromatic rings. The Balaban J connectivity index is 1.90. The number of carbonyl (C=O) groups is 1. The van der Waals surface area contributed by atoms with Crippen molar-refractivity contribution in [3.63, 3.8) is 0 Å². The van der Waals surface area contributed by atoms with Crippen LogP contribution in [0.2, 0.25) is 0 Å². The van der Waals surface area contributed by atoms with E-state index >= 15 is 0 Å². The van der Waals surface area contributed by atoms with E-state index in [-0.39, 0.29) is 24.1 Å². The van der Waals surface area contributed by atoms with Crippen LogP contribution in [0.15, 0.2) is 35.1 Å². The number of aromatic nitrogens is 1. The Bertz CT molecular complexity index is 727. The summed E-state index contributed by atoms with van der Waals surface area (Å²) in [6.45, 7) is 1.89. The second kappa shape index (κ2) is 5.72. The van der Waals surface area contributed by atoms with Gasteiger partial charge in [-0.3, -0.25) is 14.2 Å². The number of nitrogens with one attached hydrogen (secondary N) is 1. The zero-order valence-corrected chi connectivity index (χ0v) is 12.3. The summed E-state index contributed by atoms with van der Waals surface area (Å²) in [5, 5.41) is 4.03. The molecular formula is C17H20N2O2. The molecule has 4 heteroatoms. The number of hydrogen-bond acceptors (Lipinski definition) is 2. The molecule has 1 amide bonds. The molecule has 0 radical (unpaired) electrons. The first-order valence-electron chi connectivity index (χ1n) is 7.54. The first-order valence-corrected chi connectivity index (χ1v) is 7.54. The molecule has 3 rings (SSSR count). The van der Waals surface area contributed by atoms with Crippen molar-refractivity contribution in [1.82, 2.24) is 9.88 Å². The number of pyridine rings is 1. The van der Waals surface area contributed by atoms with Crippen molar-refractivity contribution < 1.29 is 4.79 Å². The standard InChI is InChI=1S/C17H20N2O2/c1-12-10-13-6-2-5-9-15(13)19(17(12)21)11-16(20)18-14-7-3-4-8-14/h2,5-6,9-10,14H,3-4,7-8,11H2,1H3,(H,18,20). The number of rotatable bonds is 3. The maximum absolute atomic E-state index is 12.3. The molecule has 1 heterocycles. The van der Waals surface area contributed by atoms with E-state index in [1.165, 1.54) is 12.8 Å². The van der Waals surface area contributed by atoms with Crippen LogP contribution < -0.4 is 10.9 Å². The van der Waals surface area contributed by atoms with E-state index in [1.807, 2.05) is 30.3 Å². The summed E-state index contributed by atoms with van der Waals surface area (Å²) in [4.78, 5) is 24.5. The van der Waals surface area contributed by atoms with E-state index < -0.39 is 0 Å². The molecule has 4 nitrogen and oxygen atoms in total. The molecule has 110 valence electrons. The van der Waals surface area contributed by atoms with Crippen molar-refractivity contribution in [2.45, 2.75) is 45.2 Å². The molecule has 21 heavy (non-hydrogen) atoms. The molecule has 0 bridgehead atoms. The Labute approximate surface area is 123 Å². The molecule has 0 saturated heterocycles. The van der Waals surface area contributed by atoms with Gasteiger partial charge in [0.2, 0.25) is 5.91 Å². The number of amides is 1. The second-order valence-corrected chi connectivity index (χ2v) is 5.83. The molecule has 0 spiro atoms. The van der Waals surface area contributed by atoms with Gasteiger partial charge in [0.1, 0.15) is 6.54 Å². The van der Waals surface area contributed by atoms with Crippen molar-refractivity contribution in [2.75, 3.05) is 0 Å². The molecule has 1 N–H and O–H groups in total. The van der Waals surface area contributed by atoms with Crippen LogP contribution in [0, 0.1) is 6.92 Å². The lowest BCUT2D eigenvalue weighted by atomic mass is 10.1. The number of fused-ring (bicyclic) bond motifs is 1. The Morgan fingerprint density at radius 3 is 2.76 bits per heavy atom. The van der Waals surface area contributed by atoms with Crippen LogP contribution in [-0.4, -0.2) is 16.5 Å². The zero-order chi connectivity index (χ0) is 14.8. The fourth-order valence-electron chi connectivity index (χ4n) is 3.12. The lowest BCUT2D eigenvalue weighted by Gasteiger charge is -2.15. The van der Waals surface area contributed by atoms with E-state index in [0.717, 1.165) is 23.7 Å². The first kappa shape index (κ1) is 13.9. The third-order valence-corrected chi connectivity index (χ3v) is 4.20. The highest BCUT2D eigenvalue weighted by Crippen LogP contribution is 2.18. The highest BCUT2D eigenvalue weighted by molar-refractivity contribution is 5.82. The lowest BCUT2D eigenvalue weighted by molar-refractivity contribution is -0.122. The van der Waals surface area contributed by atoms with E-state index in [2.05, 4.69) is 5.32 Å². The average molecular weight is 284 g/mol. The minimum absolute atomic E-state index is 0.0697. The van der Waals surface area contributed by atoms with Crippen molar-refractivity contribution in [1.29, 1.82) is 0 Å². The van der Waals surface area contributed by atoms with Gasteiger partial charge in [0, 0.05) is 11.6 Å². The van der Waals surface area contributed by atoms with Gasteiger partial charge in [-0.05, 0) is 37.3 Å². The number of aryl methyl sites for hydroxylation is 1. The monoisotopic (exact) mass is 284 g/mol. The maximum Gasteiger partial charge on any atom is 0.254 e. The largest absolute Gasteiger partial charge is 0.352 e. The smallest absolute Gasteiger partial charge is 0.254 e. The molecular weight excluding hydrogens is 264 g/mol. The predicted octanol–water partition coefficient (Wildman–Crippen LogP) is 2.37. The lowest BCUT2D eigenvalue weighted by Crippen LogP contribution is -2.38. The number of hydrogen-bond donors (Lipinski definition) is 1. The number of para-hydroxylation sites is 1. The SMILES string of the molecule is Cc1cc2ccccc2n(CC(=O)NC2CCCC2)c1=O. The van der Waals surface area contributed by atoms with Gasteiger partial charge in [-0.25, -0.2) is 0 Å². The van der Waals surface area contributed by atoms with Crippen molar-refractivity contribution in [3.05, 3.63) is 46.2 Å². The Morgan fingerprint density at radius 2 is 2.00 bits per heavy atom. The molecule has 1 aliphatic rings. The van der Waals surface area contributed by atoms with Gasteiger partial charge < -0.3 is 5.32 Å². The number of nitrogens with zero attached hydrogens (tertiary/aromatic N) is 1. The summed E-state index contributed by atoms with van der Waals surface area (Å²) in [7, 11) is 0. The van der Waals surface area contributed by atoms with Crippen molar-refractivity contribution in [3.8, 4) is 0 Å². The highest BCUT2D eigenvalue weighted by atomic mass is 16.2. The van der Waals surface area contributed by atoms with Gasteiger partial charge in [0.25, 0.3) is 5.56 Å². The van der Waals surface area contributed by atoms with Crippen LogP contribution in [0.3, 0.4) is 0 Å². The van der Waals surface area contributed by atoms with Gasteiger partial charge in [-0.15, -0.1) is 0 Å². The third-order valence-electron chi connectivity index (χ3n) is 4.20. The zero-order valence-electron chi connectivity index (χ0n) is 12.3. The molecule has 0 unspecified atom stereocenters. The molecule has 0 atom stereocenters. The molecule has 1 aromatic heterocycles. The molecule has 1 aliphatic carbocycles. The van der Waals surface area contributed by atoms with E-state index in [9.17, 15) is 9.59 Å². The number of carbonyl (C=O) groups excluding carboxylic acids is 1. The highest BCUT2D eigenvalue weighted by Gasteiger charge is 2.18. The summed E-state index contributed by atoms with van der Waals surface area (Å²) in [6, 6.07) is 9.84. The van der Waals surface area contributed by atoms with Gasteiger partial charge in [-0.2, -0.15) is 0 Å². The van der Waals surface area contributed by atoms with Crippen LogP contribution in [0.1, 0.15) is 31.2 Å². The van der Waals surface area contributed by atoms with E-state index in [1.54, 1.807) is 11.5 Å². The normalized spacial score (nSPS) is 15.5. The average Bonchev–Trinajstić information content (AvgIpc) is 2.96. The van der Waals surface area contributed by atoms with Crippen LogP contribution in [0.25, 0.3) is 10.9 Å². The fraction of sp³-hybridized carbons (Fsp3) is 0.412.